The third-order valence-electron chi connectivity index (χ3n) is 2.82. The molecule has 0 amide bonds. The van der Waals surface area contributed by atoms with Crippen LogP contribution in [0.2, 0.25) is 0 Å². The summed E-state index contributed by atoms with van der Waals surface area (Å²) < 4.78 is 0. The molecule has 1 N–H and O–H groups in total. The fraction of sp³-hybridized carbons (Fsp3) is 0.231. The van der Waals surface area contributed by atoms with Gasteiger partial charge in [-0.15, -0.1) is 0 Å². The maximum absolute atomic E-state index is 11.2. The molecule has 0 spiro atoms. The molecular formula is C13H12O3. The van der Waals surface area contributed by atoms with Crippen LogP contribution in [0.15, 0.2) is 42.0 Å². The van der Waals surface area contributed by atoms with Gasteiger partial charge in [-0.25, -0.2) is 4.79 Å². The zero-order valence-corrected chi connectivity index (χ0v) is 8.72. The second-order valence-corrected chi connectivity index (χ2v) is 3.87. The summed E-state index contributed by atoms with van der Waals surface area (Å²) in [6, 6.07) is 9.45. The van der Waals surface area contributed by atoms with Gasteiger partial charge in [0, 0.05) is 17.9 Å². The van der Waals surface area contributed by atoms with Crippen molar-refractivity contribution in [3.8, 4) is 0 Å². The van der Waals surface area contributed by atoms with Crippen molar-refractivity contribution >= 4 is 11.8 Å². The first-order valence-corrected chi connectivity index (χ1v) is 5.21. The minimum absolute atomic E-state index is 0.0930. The zero-order chi connectivity index (χ0) is 11.5. The minimum atomic E-state index is -0.998. The number of ketones is 1. The molecular weight excluding hydrogens is 204 g/mol. The van der Waals surface area contributed by atoms with Crippen molar-refractivity contribution in [2.75, 3.05) is 0 Å². The van der Waals surface area contributed by atoms with Gasteiger partial charge in [-0.3, -0.25) is 4.79 Å². The Hall–Kier alpha value is -1.90. The normalized spacial score (nSPS) is 20.4. The molecule has 0 bridgehead atoms. The van der Waals surface area contributed by atoms with Crippen LogP contribution >= 0.6 is 0 Å². The Morgan fingerprint density at radius 2 is 1.94 bits per heavy atom. The van der Waals surface area contributed by atoms with E-state index in [4.69, 9.17) is 5.11 Å². The van der Waals surface area contributed by atoms with Crippen LogP contribution in [-0.4, -0.2) is 16.9 Å². The number of carboxylic acids is 1. The molecule has 82 valence electrons. The maximum atomic E-state index is 11.2. The number of allylic oxidation sites excluding steroid dienone is 1. The molecule has 0 fully saturated rings. The number of carbonyl (C=O) groups is 2. The molecule has 1 atom stereocenters. The predicted molar refractivity (Wildman–Crippen MR) is 59.1 cm³/mol. The van der Waals surface area contributed by atoms with Crippen LogP contribution in [0.5, 0.6) is 0 Å². The van der Waals surface area contributed by atoms with Gasteiger partial charge in [0.05, 0.1) is 0 Å². The monoisotopic (exact) mass is 216 g/mol. The Balaban J connectivity index is 2.38. The van der Waals surface area contributed by atoms with Crippen LogP contribution < -0.4 is 0 Å². The van der Waals surface area contributed by atoms with Gasteiger partial charge in [0.2, 0.25) is 0 Å². The van der Waals surface area contributed by atoms with Gasteiger partial charge in [-0.05, 0) is 18.1 Å². The van der Waals surface area contributed by atoms with Crippen molar-refractivity contribution in [1.82, 2.24) is 0 Å². The van der Waals surface area contributed by atoms with E-state index in [1.807, 2.05) is 30.3 Å². The van der Waals surface area contributed by atoms with Gasteiger partial charge in [0.25, 0.3) is 0 Å². The number of hydrogen-bond donors (Lipinski definition) is 1. The summed E-state index contributed by atoms with van der Waals surface area (Å²) in [7, 11) is 0. The summed E-state index contributed by atoms with van der Waals surface area (Å²) in [5.41, 5.74) is 1.17. The summed E-state index contributed by atoms with van der Waals surface area (Å²) in [6.07, 6.45) is 2.28. The molecule has 16 heavy (non-hydrogen) atoms. The third-order valence-corrected chi connectivity index (χ3v) is 2.82. The van der Waals surface area contributed by atoms with Crippen LogP contribution in [0.1, 0.15) is 24.3 Å². The Morgan fingerprint density at radius 1 is 1.25 bits per heavy atom. The second-order valence-electron chi connectivity index (χ2n) is 3.87. The predicted octanol–water partition coefficient (Wildman–Crippen LogP) is 2.14. The van der Waals surface area contributed by atoms with Gasteiger partial charge in [0.15, 0.2) is 5.78 Å². The molecule has 0 saturated heterocycles. The Morgan fingerprint density at radius 3 is 2.56 bits per heavy atom. The molecule has 0 aliphatic heterocycles. The third kappa shape index (κ3) is 2.03. The Labute approximate surface area is 93.4 Å². The van der Waals surface area contributed by atoms with Gasteiger partial charge in [0.1, 0.15) is 0 Å². The van der Waals surface area contributed by atoms with Gasteiger partial charge >= 0.3 is 5.97 Å². The van der Waals surface area contributed by atoms with E-state index in [0.29, 0.717) is 12.8 Å². The summed E-state index contributed by atoms with van der Waals surface area (Å²) in [6.45, 7) is 0. The zero-order valence-electron chi connectivity index (χ0n) is 8.72. The lowest BCUT2D eigenvalue weighted by atomic mass is 9.82. The molecule has 0 unspecified atom stereocenters. The first-order chi connectivity index (χ1) is 7.68. The van der Waals surface area contributed by atoms with Crippen molar-refractivity contribution in [3.63, 3.8) is 0 Å². The molecule has 0 radical (unpaired) electrons. The molecule has 3 heteroatoms. The van der Waals surface area contributed by atoms with E-state index in [0.717, 1.165) is 5.56 Å². The van der Waals surface area contributed by atoms with Gasteiger partial charge in [-0.2, -0.15) is 0 Å². The van der Waals surface area contributed by atoms with E-state index in [2.05, 4.69) is 0 Å². The van der Waals surface area contributed by atoms with Crippen molar-refractivity contribution in [2.24, 2.45) is 0 Å². The molecule has 0 heterocycles. The first kappa shape index (κ1) is 10.6. The summed E-state index contributed by atoms with van der Waals surface area (Å²) in [5.74, 6) is -1.25. The first-order valence-electron chi connectivity index (χ1n) is 5.21. The Kier molecular flexibility index (Phi) is 2.86. The number of benzene rings is 1. The van der Waals surface area contributed by atoms with Crippen LogP contribution in [0.3, 0.4) is 0 Å². The van der Waals surface area contributed by atoms with E-state index in [1.54, 1.807) is 0 Å². The fourth-order valence-electron chi connectivity index (χ4n) is 2.03. The quantitative estimate of drug-likeness (QED) is 0.824. The van der Waals surface area contributed by atoms with Crippen LogP contribution in [0.4, 0.5) is 0 Å². The molecule has 1 aromatic carbocycles. The SMILES string of the molecule is O=C1C=C(C(=O)O)[C@H](c2ccccc2)CC1. The molecule has 1 aliphatic rings. The number of aliphatic carboxylic acids is 1. The highest BCUT2D eigenvalue weighted by Gasteiger charge is 2.27. The highest BCUT2D eigenvalue weighted by molar-refractivity contribution is 6.01. The van der Waals surface area contributed by atoms with E-state index in [9.17, 15) is 9.59 Å². The minimum Gasteiger partial charge on any atom is -0.478 e. The van der Waals surface area contributed by atoms with E-state index >= 15 is 0 Å². The van der Waals surface area contributed by atoms with Crippen molar-refractivity contribution < 1.29 is 14.7 Å². The van der Waals surface area contributed by atoms with Crippen molar-refractivity contribution in [3.05, 3.63) is 47.5 Å². The molecule has 1 aliphatic carbocycles. The topological polar surface area (TPSA) is 54.4 Å². The highest BCUT2D eigenvalue weighted by atomic mass is 16.4. The molecule has 0 saturated carbocycles. The summed E-state index contributed by atoms with van der Waals surface area (Å²) >= 11 is 0. The molecule has 2 rings (SSSR count). The van der Waals surface area contributed by atoms with E-state index in [1.165, 1.54) is 6.08 Å². The average molecular weight is 216 g/mol. The lowest BCUT2D eigenvalue weighted by Gasteiger charge is -2.21. The van der Waals surface area contributed by atoms with E-state index < -0.39 is 5.97 Å². The molecule has 0 aromatic heterocycles. The summed E-state index contributed by atoms with van der Waals surface area (Å²) in [5, 5.41) is 9.07. The van der Waals surface area contributed by atoms with E-state index in [-0.39, 0.29) is 17.3 Å². The van der Waals surface area contributed by atoms with Crippen LogP contribution in [0.25, 0.3) is 0 Å². The number of carbonyl (C=O) groups excluding carboxylic acids is 1. The largest absolute Gasteiger partial charge is 0.478 e. The number of hydrogen-bond acceptors (Lipinski definition) is 2. The smallest absolute Gasteiger partial charge is 0.332 e. The molecule has 3 nitrogen and oxygen atoms in total. The molecule has 1 aromatic rings. The number of carboxylic acid groups (broad SMARTS) is 1. The van der Waals surface area contributed by atoms with Crippen molar-refractivity contribution in [2.45, 2.75) is 18.8 Å². The average Bonchev–Trinajstić information content (AvgIpc) is 2.30. The lowest BCUT2D eigenvalue weighted by molar-refractivity contribution is -0.133. The highest BCUT2D eigenvalue weighted by Crippen LogP contribution is 2.32. The van der Waals surface area contributed by atoms with Crippen molar-refractivity contribution in [1.29, 1.82) is 0 Å². The fourth-order valence-corrected chi connectivity index (χ4v) is 2.03. The lowest BCUT2D eigenvalue weighted by Crippen LogP contribution is -2.18. The van der Waals surface area contributed by atoms with Crippen LogP contribution in [-0.2, 0) is 9.59 Å². The number of rotatable bonds is 2. The Bertz CT molecular complexity index is 446. The standard InChI is InChI=1S/C13H12O3/c14-10-6-7-11(12(8-10)13(15)16)9-4-2-1-3-5-9/h1-5,8,11H,6-7H2,(H,15,16)/t11-/m0/s1. The maximum Gasteiger partial charge on any atom is 0.332 e. The summed E-state index contributed by atoms with van der Waals surface area (Å²) in [4.78, 5) is 22.3. The van der Waals surface area contributed by atoms with Gasteiger partial charge < -0.3 is 5.11 Å². The van der Waals surface area contributed by atoms with Gasteiger partial charge in [-0.1, -0.05) is 30.3 Å². The van der Waals surface area contributed by atoms with Crippen LogP contribution in [0, 0.1) is 0 Å². The second kappa shape index (κ2) is 4.31.